The molecule has 2 aliphatic rings. The van der Waals surface area contributed by atoms with Gasteiger partial charge in [-0.05, 0) is 63.0 Å². The van der Waals surface area contributed by atoms with Gasteiger partial charge in [0.15, 0.2) is 0 Å². The van der Waals surface area contributed by atoms with Gasteiger partial charge in [0, 0.05) is 19.3 Å². The monoisotopic (exact) mass is 313 g/mol. The van der Waals surface area contributed by atoms with Gasteiger partial charge in [-0.15, -0.1) is 0 Å². The first-order valence-corrected chi connectivity index (χ1v) is 8.18. The fourth-order valence-electron chi connectivity index (χ4n) is 2.93. The van der Waals surface area contributed by atoms with Crippen LogP contribution in [0, 0.1) is 16.7 Å². The summed E-state index contributed by atoms with van der Waals surface area (Å²) in [5, 5.41) is 13.1. The Labute approximate surface area is 139 Å². The molecule has 0 aromatic rings. The van der Waals surface area contributed by atoms with Crippen LogP contribution in [0.4, 0.5) is 0 Å². The van der Waals surface area contributed by atoms with Gasteiger partial charge in [0.1, 0.15) is 5.82 Å². The second-order valence-corrected chi connectivity index (χ2v) is 6.60. The van der Waals surface area contributed by atoms with Crippen molar-refractivity contribution in [2.24, 2.45) is 5.41 Å². The number of rotatable bonds is 3. The summed E-state index contributed by atoms with van der Waals surface area (Å²) in [5.74, 6) is 1.05. The molecule has 0 amide bonds. The van der Waals surface area contributed by atoms with E-state index in [4.69, 9.17) is 4.74 Å². The van der Waals surface area contributed by atoms with E-state index in [1.807, 2.05) is 27.0 Å². The van der Waals surface area contributed by atoms with Crippen molar-refractivity contribution in [1.82, 2.24) is 10.2 Å². The maximum atomic E-state index is 9.69. The Morgan fingerprint density at radius 2 is 2.04 bits per heavy atom. The minimum Gasteiger partial charge on any atom is -0.378 e. The second-order valence-electron chi connectivity index (χ2n) is 6.60. The maximum absolute atomic E-state index is 9.69. The van der Waals surface area contributed by atoms with Crippen molar-refractivity contribution in [1.29, 1.82) is 5.26 Å². The zero-order valence-electron chi connectivity index (χ0n) is 14.9. The molecule has 124 valence electrons. The van der Waals surface area contributed by atoms with Crippen molar-refractivity contribution in [3.05, 3.63) is 46.5 Å². The Kier molecular flexibility index (Phi) is 5.33. The minimum atomic E-state index is -0.557. The second kappa shape index (κ2) is 7.06. The lowest BCUT2D eigenvalue weighted by Crippen LogP contribution is -2.39. The van der Waals surface area contributed by atoms with E-state index in [1.54, 1.807) is 0 Å². The summed E-state index contributed by atoms with van der Waals surface area (Å²) >= 11 is 0. The van der Waals surface area contributed by atoms with Gasteiger partial charge in [-0.2, -0.15) is 5.26 Å². The summed E-state index contributed by atoms with van der Waals surface area (Å²) in [6, 6.07) is 2.46. The normalized spacial score (nSPS) is 20.3. The van der Waals surface area contributed by atoms with E-state index in [0.717, 1.165) is 48.8 Å². The number of allylic oxidation sites excluding steroid dienone is 6. The first-order valence-electron chi connectivity index (χ1n) is 8.18. The highest BCUT2D eigenvalue weighted by Gasteiger charge is 2.28. The molecule has 2 aliphatic heterocycles. The highest BCUT2D eigenvalue weighted by molar-refractivity contribution is 5.56. The molecule has 0 bridgehead atoms. The van der Waals surface area contributed by atoms with E-state index in [1.165, 1.54) is 5.57 Å². The molecule has 2 heterocycles. The van der Waals surface area contributed by atoms with Crippen molar-refractivity contribution >= 4 is 0 Å². The molecule has 0 atom stereocenters. The number of hydrogen-bond acceptors (Lipinski definition) is 4. The standard InChI is InChI=1S/C19H27N3O/c1-6-14(2)18-15(3)12-21-17(22-7-9-23-10-8-22)11-16(18)19(4,5)13-20/h6,11-12,21H,7-10H2,1-5H3/b14-6-. The summed E-state index contributed by atoms with van der Waals surface area (Å²) in [6.07, 6.45) is 6.29. The molecule has 1 saturated heterocycles. The molecule has 2 rings (SSSR count). The Bertz CT molecular complexity index is 623. The fourth-order valence-corrected chi connectivity index (χ4v) is 2.93. The van der Waals surface area contributed by atoms with Crippen LogP contribution in [0.25, 0.3) is 0 Å². The average Bonchev–Trinajstić information content (AvgIpc) is 2.74. The van der Waals surface area contributed by atoms with Gasteiger partial charge < -0.3 is 15.0 Å². The maximum Gasteiger partial charge on any atom is 0.106 e. The zero-order chi connectivity index (χ0) is 17.0. The molecule has 4 heteroatoms. The summed E-state index contributed by atoms with van der Waals surface area (Å²) in [5.41, 5.74) is 4.01. The Morgan fingerprint density at radius 3 is 2.61 bits per heavy atom. The topological polar surface area (TPSA) is 48.3 Å². The lowest BCUT2D eigenvalue weighted by Gasteiger charge is -2.31. The van der Waals surface area contributed by atoms with Crippen molar-refractivity contribution in [2.45, 2.75) is 34.6 Å². The molecule has 0 radical (unpaired) electrons. The van der Waals surface area contributed by atoms with Crippen LogP contribution >= 0.6 is 0 Å². The van der Waals surface area contributed by atoms with Crippen molar-refractivity contribution in [2.75, 3.05) is 26.3 Å². The minimum absolute atomic E-state index is 0.557. The first kappa shape index (κ1) is 17.4. The smallest absolute Gasteiger partial charge is 0.106 e. The van der Waals surface area contributed by atoms with Crippen LogP contribution < -0.4 is 5.32 Å². The predicted octanol–water partition coefficient (Wildman–Crippen LogP) is 3.48. The molecule has 0 aliphatic carbocycles. The van der Waals surface area contributed by atoms with Crippen LogP contribution in [-0.2, 0) is 4.74 Å². The van der Waals surface area contributed by atoms with Crippen LogP contribution in [0.15, 0.2) is 46.5 Å². The molecule has 0 unspecified atom stereocenters. The van der Waals surface area contributed by atoms with Gasteiger partial charge in [0.2, 0.25) is 0 Å². The van der Waals surface area contributed by atoms with Gasteiger partial charge in [0.25, 0.3) is 0 Å². The van der Waals surface area contributed by atoms with E-state index in [0.29, 0.717) is 0 Å². The van der Waals surface area contributed by atoms with Crippen molar-refractivity contribution < 1.29 is 4.74 Å². The number of nitrogens with one attached hydrogen (secondary N) is 1. The summed E-state index contributed by atoms with van der Waals surface area (Å²) in [4.78, 5) is 2.29. The van der Waals surface area contributed by atoms with Crippen LogP contribution in [-0.4, -0.2) is 31.2 Å². The van der Waals surface area contributed by atoms with E-state index >= 15 is 0 Å². The Hall–Kier alpha value is -1.99. The molecule has 1 fully saturated rings. The van der Waals surface area contributed by atoms with Gasteiger partial charge in [0.05, 0.1) is 24.7 Å². The largest absolute Gasteiger partial charge is 0.378 e. The summed E-state index contributed by atoms with van der Waals surface area (Å²) in [7, 11) is 0. The average molecular weight is 313 g/mol. The highest BCUT2D eigenvalue weighted by Crippen LogP contribution is 2.37. The molecule has 0 saturated carbocycles. The third kappa shape index (κ3) is 3.68. The Morgan fingerprint density at radius 1 is 1.39 bits per heavy atom. The highest BCUT2D eigenvalue weighted by atomic mass is 16.5. The van der Waals surface area contributed by atoms with Gasteiger partial charge in [-0.1, -0.05) is 6.08 Å². The van der Waals surface area contributed by atoms with E-state index in [2.05, 4.69) is 42.3 Å². The lowest BCUT2D eigenvalue weighted by atomic mass is 9.79. The van der Waals surface area contributed by atoms with Crippen molar-refractivity contribution in [3.63, 3.8) is 0 Å². The molecule has 23 heavy (non-hydrogen) atoms. The van der Waals surface area contributed by atoms with Gasteiger partial charge in [-0.25, -0.2) is 0 Å². The fraction of sp³-hybridized carbons (Fsp3) is 0.526. The third-order valence-electron chi connectivity index (χ3n) is 4.51. The number of morpholine rings is 1. The number of nitrogens with zero attached hydrogens (tertiary/aromatic N) is 2. The van der Waals surface area contributed by atoms with Crippen LogP contribution in [0.5, 0.6) is 0 Å². The quantitative estimate of drug-likeness (QED) is 0.866. The molecule has 4 nitrogen and oxygen atoms in total. The SMILES string of the molecule is C/C=C(/C)C1=C(C(C)(C)C#N)C=C(N2CCOCC2)NC=C1C. The molecular formula is C19H27N3O. The molecular weight excluding hydrogens is 286 g/mol. The van der Waals surface area contributed by atoms with E-state index < -0.39 is 5.41 Å². The van der Waals surface area contributed by atoms with Gasteiger partial charge in [-0.3, -0.25) is 0 Å². The number of hydrogen-bond donors (Lipinski definition) is 1. The first-order chi connectivity index (χ1) is 10.9. The number of ether oxygens (including phenoxy) is 1. The van der Waals surface area contributed by atoms with Crippen molar-refractivity contribution in [3.8, 4) is 6.07 Å². The van der Waals surface area contributed by atoms with Crippen LogP contribution in [0.2, 0.25) is 0 Å². The van der Waals surface area contributed by atoms with E-state index in [9.17, 15) is 5.26 Å². The molecule has 0 spiro atoms. The molecule has 1 N–H and O–H groups in total. The zero-order valence-corrected chi connectivity index (χ0v) is 14.9. The predicted molar refractivity (Wildman–Crippen MR) is 93.2 cm³/mol. The Balaban J connectivity index is 2.59. The molecule has 0 aromatic carbocycles. The lowest BCUT2D eigenvalue weighted by molar-refractivity contribution is 0.0512. The van der Waals surface area contributed by atoms with Gasteiger partial charge >= 0.3 is 0 Å². The van der Waals surface area contributed by atoms with Crippen LogP contribution in [0.1, 0.15) is 34.6 Å². The number of nitriles is 1. The van der Waals surface area contributed by atoms with E-state index in [-0.39, 0.29) is 0 Å². The molecule has 0 aromatic heterocycles. The van der Waals surface area contributed by atoms with Crippen LogP contribution in [0.3, 0.4) is 0 Å². The summed E-state index contributed by atoms with van der Waals surface area (Å²) in [6.45, 7) is 13.4. The third-order valence-corrected chi connectivity index (χ3v) is 4.51. The summed E-state index contributed by atoms with van der Waals surface area (Å²) < 4.78 is 5.45.